The third kappa shape index (κ3) is 2.52. The van der Waals surface area contributed by atoms with Crippen molar-refractivity contribution < 1.29 is 18.0 Å². The molecule has 1 N–H and O–H groups in total. The van der Waals surface area contributed by atoms with Crippen molar-refractivity contribution in [2.24, 2.45) is 0 Å². The Kier molecular flexibility index (Phi) is 3.23. The lowest BCUT2D eigenvalue weighted by atomic mass is 10.3. The molecule has 17 heavy (non-hydrogen) atoms. The van der Waals surface area contributed by atoms with Gasteiger partial charge in [0.15, 0.2) is 5.76 Å². The molecule has 1 amide bonds. The van der Waals surface area contributed by atoms with Gasteiger partial charge in [-0.25, -0.2) is 8.78 Å². The van der Waals surface area contributed by atoms with Gasteiger partial charge in [-0.1, -0.05) is 0 Å². The van der Waals surface area contributed by atoms with Crippen molar-refractivity contribution in [3.8, 4) is 0 Å². The van der Waals surface area contributed by atoms with Crippen molar-refractivity contribution in [1.29, 1.82) is 0 Å². The van der Waals surface area contributed by atoms with Crippen molar-refractivity contribution in [1.82, 2.24) is 0 Å². The Morgan fingerprint density at radius 3 is 2.71 bits per heavy atom. The summed E-state index contributed by atoms with van der Waals surface area (Å²) in [5.74, 6) is -2.15. The molecule has 0 fully saturated rings. The minimum absolute atomic E-state index is 0.0462. The van der Waals surface area contributed by atoms with Crippen molar-refractivity contribution in [2.45, 2.75) is 0 Å². The smallest absolute Gasteiger partial charge is 0.291 e. The van der Waals surface area contributed by atoms with Gasteiger partial charge in [0.2, 0.25) is 0 Å². The Hall–Kier alpha value is -1.69. The molecule has 88 valence electrons. The maximum Gasteiger partial charge on any atom is 0.291 e. The monoisotopic (exact) mass is 301 g/mol. The number of nitrogens with one attached hydrogen (secondary N) is 1. The van der Waals surface area contributed by atoms with Crippen molar-refractivity contribution >= 4 is 27.5 Å². The number of halogens is 3. The molecule has 0 bridgehead atoms. The summed E-state index contributed by atoms with van der Waals surface area (Å²) in [6.45, 7) is 0. The molecule has 0 aliphatic rings. The van der Waals surface area contributed by atoms with E-state index in [0.29, 0.717) is 6.07 Å². The minimum Gasteiger partial charge on any atom is -0.459 e. The minimum atomic E-state index is -0.856. The number of amides is 1. The number of rotatable bonds is 2. The molecule has 2 aromatic rings. The maximum absolute atomic E-state index is 13.3. The van der Waals surface area contributed by atoms with Crippen LogP contribution < -0.4 is 5.32 Å². The molecule has 0 radical (unpaired) electrons. The standard InChI is InChI=1S/C11H6BrF2NO2/c12-6-4-9(8(14)5-7(6)13)15-11(16)10-2-1-3-17-10/h1-5H,(H,15,16). The van der Waals surface area contributed by atoms with Gasteiger partial charge in [-0.3, -0.25) is 4.79 Å². The molecular formula is C11H6BrF2NO2. The van der Waals surface area contributed by atoms with Gasteiger partial charge in [0.05, 0.1) is 16.4 Å². The number of hydrogen-bond donors (Lipinski definition) is 1. The van der Waals surface area contributed by atoms with Gasteiger partial charge in [-0.15, -0.1) is 0 Å². The molecular weight excluding hydrogens is 296 g/mol. The highest BCUT2D eigenvalue weighted by atomic mass is 79.9. The first-order chi connectivity index (χ1) is 8.08. The quantitative estimate of drug-likeness (QED) is 0.862. The van der Waals surface area contributed by atoms with E-state index in [1.165, 1.54) is 18.4 Å². The Bertz CT molecular complexity index is 555. The van der Waals surface area contributed by atoms with Crippen LogP contribution in [0.2, 0.25) is 0 Å². The predicted octanol–water partition coefficient (Wildman–Crippen LogP) is 3.57. The molecule has 1 heterocycles. The molecule has 3 nitrogen and oxygen atoms in total. The summed E-state index contributed by atoms with van der Waals surface area (Å²) >= 11 is 2.90. The summed E-state index contributed by atoms with van der Waals surface area (Å²) in [6.07, 6.45) is 1.33. The Balaban J connectivity index is 2.25. The largest absolute Gasteiger partial charge is 0.459 e. The van der Waals surface area contributed by atoms with Crippen molar-refractivity contribution in [2.75, 3.05) is 5.32 Å². The molecule has 0 aliphatic carbocycles. The maximum atomic E-state index is 13.3. The fourth-order valence-corrected chi connectivity index (χ4v) is 1.55. The first-order valence-electron chi connectivity index (χ1n) is 4.57. The second-order valence-corrected chi connectivity index (χ2v) is 4.03. The lowest BCUT2D eigenvalue weighted by molar-refractivity contribution is 0.0996. The van der Waals surface area contributed by atoms with E-state index < -0.39 is 17.5 Å². The van der Waals surface area contributed by atoms with Crippen LogP contribution in [-0.2, 0) is 0 Å². The van der Waals surface area contributed by atoms with Crippen LogP contribution in [-0.4, -0.2) is 5.91 Å². The Labute approximate surface area is 104 Å². The van der Waals surface area contributed by atoms with E-state index >= 15 is 0 Å². The average molecular weight is 302 g/mol. The molecule has 0 spiro atoms. The zero-order valence-corrected chi connectivity index (χ0v) is 9.92. The molecule has 1 aromatic carbocycles. The van der Waals surface area contributed by atoms with Crippen LogP contribution in [0.3, 0.4) is 0 Å². The van der Waals surface area contributed by atoms with Gasteiger partial charge in [-0.05, 0) is 34.1 Å². The summed E-state index contributed by atoms with van der Waals surface area (Å²) in [5.41, 5.74) is -0.125. The van der Waals surface area contributed by atoms with Gasteiger partial charge in [-0.2, -0.15) is 0 Å². The third-order valence-corrected chi connectivity index (χ3v) is 2.61. The van der Waals surface area contributed by atoms with Crippen LogP contribution in [0.1, 0.15) is 10.6 Å². The molecule has 0 aliphatic heterocycles. The van der Waals surface area contributed by atoms with E-state index in [2.05, 4.69) is 21.2 Å². The lowest BCUT2D eigenvalue weighted by Crippen LogP contribution is -2.12. The van der Waals surface area contributed by atoms with E-state index in [1.54, 1.807) is 0 Å². The van der Waals surface area contributed by atoms with Gasteiger partial charge in [0.1, 0.15) is 11.6 Å². The SMILES string of the molecule is O=C(Nc1cc(Br)c(F)cc1F)c1ccco1. The summed E-state index contributed by atoms with van der Waals surface area (Å²) in [6, 6.07) is 4.80. The zero-order valence-electron chi connectivity index (χ0n) is 8.34. The zero-order chi connectivity index (χ0) is 12.4. The molecule has 0 saturated carbocycles. The fourth-order valence-electron chi connectivity index (χ4n) is 1.21. The van der Waals surface area contributed by atoms with Crippen LogP contribution in [0.15, 0.2) is 39.4 Å². The van der Waals surface area contributed by atoms with Gasteiger partial charge in [0.25, 0.3) is 5.91 Å². The van der Waals surface area contributed by atoms with Gasteiger partial charge in [0, 0.05) is 6.07 Å². The summed E-state index contributed by atoms with van der Waals surface area (Å²) in [5, 5.41) is 2.28. The molecule has 6 heteroatoms. The first-order valence-corrected chi connectivity index (χ1v) is 5.36. The number of benzene rings is 1. The molecule has 2 rings (SSSR count). The molecule has 0 atom stereocenters. The first kappa shape index (κ1) is 11.8. The summed E-state index contributed by atoms with van der Waals surface area (Å²) in [7, 11) is 0. The van der Waals surface area contributed by atoms with E-state index in [9.17, 15) is 13.6 Å². The number of furan rings is 1. The molecule has 0 saturated heterocycles. The highest BCUT2D eigenvalue weighted by Crippen LogP contribution is 2.24. The van der Waals surface area contributed by atoms with E-state index in [4.69, 9.17) is 4.42 Å². The van der Waals surface area contributed by atoms with E-state index in [-0.39, 0.29) is 15.9 Å². The molecule has 1 aromatic heterocycles. The topological polar surface area (TPSA) is 42.2 Å². The van der Waals surface area contributed by atoms with Crippen LogP contribution in [0, 0.1) is 11.6 Å². The van der Waals surface area contributed by atoms with Crippen LogP contribution in [0.25, 0.3) is 0 Å². The van der Waals surface area contributed by atoms with E-state index in [0.717, 1.165) is 6.07 Å². The Morgan fingerprint density at radius 2 is 2.06 bits per heavy atom. The average Bonchev–Trinajstić information content (AvgIpc) is 2.79. The number of carbonyl (C=O) groups is 1. The summed E-state index contributed by atoms with van der Waals surface area (Å²) < 4.78 is 31.2. The van der Waals surface area contributed by atoms with Crippen LogP contribution in [0.4, 0.5) is 14.5 Å². The predicted molar refractivity (Wildman–Crippen MR) is 60.7 cm³/mol. The van der Waals surface area contributed by atoms with Crippen molar-refractivity contribution in [3.05, 3.63) is 52.4 Å². The summed E-state index contributed by atoms with van der Waals surface area (Å²) in [4.78, 5) is 11.5. The second-order valence-electron chi connectivity index (χ2n) is 3.18. The fraction of sp³-hybridized carbons (Fsp3) is 0. The van der Waals surface area contributed by atoms with Gasteiger partial charge >= 0.3 is 0 Å². The number of anilines is 1. The second kappa shape index (κ2) is 4.67. The Morgan fingerprint density at radius 1 is 1.29 bits per heavy atom. The highest BCUT2D eigenvalue weighted by molar-refractivity contribution is 9.10. The van der Waals surface area contributed by atoms with Crippen molar-refractivity contribution in [3.63, 3.8) is 0 Å². The lowest BCUT2D eigenvalue weighted by Gasteiger charge is -2.05. The van der Waals surface area contributed by atoms with Gasteiger partial charge < -0.3 is 9.73 Å². The number of hydrogen-bond acceptors (Lipinski definition) is 2. The normalized spacial score (nSPS) is 10.3. The highest BCUT2D eigenvalue weighted by Gasteiger charge is 2.13. The molecule has 0 unspecified atom stereocenters. The van der Waals surface area contributed by atoms with E-state index in [1.807, 2.05) is 0 Å². The third-order valence-electron chi connectivity index (χ3n) is 2.00. The number of carbonyl (C=O) groups excluding carboxylic acids is 1. The van der Waals surface area contributed by atoms with Crippen LogP contribution in [0.5, 0.6) is 0 Å². The van der Waals surface area contributed by atoms with Crippen LogP contribution >= 0.6 is 15.9 Å².